The van der Waals surface area contributed by atoms with Gasteiger partial charge in [-0.15, -0.1) is 0 Å². The molecule has 0 aromatic heterocycles. The van der Waals surface area contributed by atoms with E-state index in [-0.39, 0.29) is 47.0 Å². The Hall–Kier alpha value is -3.02. The molecule has 194 valence electrons. The van der Waals surface area contributed by atoms with Crippen molar-refractivity contribution in [3.05, 3.63) is 81.9 Å². The van der Waals surface area contributed by atoms with Gasteiger partial charge in [-0.05, 0) is 47.5 Å². The van der Waals surface area contributed by atoms with Crippen molar-refractivity contribution < 1.29 is 31.9 Å². The number of amides is 1. The Labute approximate surface area is 220 Å². The predicted octanol–water partition coefficient (Wildman–Crippen LogP) is 4.47. The molecule has 2 saturated heterocycles. The van der Waals surface area contributed by atoms with Gasteiger partial charge >= 0.3 is 0 Å². The number of hydrogen-bond acceptors (Lipinski definition) is 5. The number of thiocarbonyl (C=S) groups is 1. The third kappa shape index (κ3) is 6.85. The summed E-state index contributed by atoms with van der Waals surface area (Å²) in [5.41, 5.74) is 0.818. The van der Waals surface area contributed by atoms with Crippen LogP contribution in [0.15, 0.2) is 47.5 Å². The fourth-order valence-corrected chi connectivity index (χ4v) is 5.03. The van der Waals surface area contributed by atoms with Crippen LogP contribution in [0, 0.1) is 23.3 Å². The molecule has 0 spiro atoms. The highest BCUT2D eigenvalue weighted by atomic mass is 32.2. The zero-order chi connectivity index (χ0) is 26.5. The Kier molecular flexibility index (Phi) is 8.78. The predicted molar refractivity (Wildman–Crippen MR) is 138 cm³/mol. The average Bonchev–Trinajstić information content (AvgIpc) is 2.89. The van der Waals surface area contributed by atoms with Crippen LogP contribution in [0.25, 0.3) is 12.2 Å². The normalized spacial score (nSPS) is 18.5. The number of piperidine rings is 1. The van der Waals surface area contributed by atoms with E-state index in [4.69, 9.17) is 17.0 Å². The van der Waals surface area contributed by atoms with Gasteiger partial charge in [-0.1, -0.05) is 36.1 Å². The van der Waals surface area contributed by atoms with E-state index in [2.05, 4.69) is 0 Å². The number of ketones is 1. The number of ether oxygens (including phenoxy) is 1. The monoisotopic (exact) mass is 550 g/mol. The van der Waals surface area contributed by atoms with Crippen molar-refractivity contribution >= 4 is 52.1 Å². The van der Waals surface area contributed by atoms with E-state index in [1.165, 1.54) is 40.9 Å². The number of carbonyl (C=O) groups is 2. The van der Waals surface area contributed by atoms with Crippen molar-refractivity contribution in [2.24, 2.45) is 0 Å². The second kappa shape index (κ2) is 12.0. The van der Waals surface area contributed by atoms with Crippen LogP contribution in [0.4, 0.5) is 17.6 Å². The molecule has 0 bridgehead atoms. The van der Waals surface area contributed by atoms with Crippen LogP contribution < -0.4 is 0 Å². The van der Waals surface area contributed by atoms with Gasteiger partial charge in [0.15, 0.2) is 29.1 Å². The molecule has 2 aliphatic rings. The summed E-state index contributed by atoms with van der Waals surface area (Å²) in [7, 11) is 0. The van der Waals surface area contributed by atoms with Gasteiger partial charge in [0.1, 0.15) is 4.32 Å². The summed E-state index contributed by atoms with van der Waals surface area (Å²) in [4.78, 5) is 29.7. The van der Waals surface area contributed by atoms with Crippen molar-refractivity contribution in [3.8, 4) is 0 Å². The largest absolute Gasteiger partial charge is 0.378 e. The van der Waals surface area contributed by atoms with Gasteiger partial charge in [0.2, 0.25) is 5.91 Å². The van der Waals surface area contributed by atoms with Crippen molar-refractivity contribution in [1.29, 1.82) is 0 Å². The first kappa shape index (κ1) is 27.0. The number of likely N-dealkylation sites (tertiary alicyclic amines) is 1. The number of nitrogens with zero attached hydrogens (tertiary/aromatic N) is 2. The van der Waals surface area contributed by atoms with E-state index >= 15 is 0 Å². The van der Waals surface area contributed by atoms with E-state index < -0.39 is 29.1 Å². The first-order chi connectivity index (χ1) is 17.7. The van der Waals surface area contributed by atoms with Gasteiger partial charge in [-0.2, -0.15) is 0 Å². The summed E-state index contributed by atoms with van der Waals surface area (Å²) in [5, 5.41) is 0. The maximum absolute atomic E-state index is 13.7. The molecule has 0 saturated carbocycles. The van der Waals surface area contributed by atoms with E-state index in [9.17, 15) is 27.2 Å². The van der Waals surface area contributed by atoms with Crippen molar-refractivity contribution in [3.63, 3.8) is 0 Å². The average molecular weight is 551 g/mol. The van der Waals surface area contributed by atoms with Crippen LogP contribution in [0.3, 0.4) is 0 Å². The molecular formula is C26H22F4N2O3S2. The molecule has 0 radical (unpaired) electrons. The highest BCUT2D eigenvalue weighted by Gasteiger charge is 2.29. The maximum Gasteiger partial charge on any atom is 0.233 e. The molecule has 0 N–H and O–H groups in total. The lowest BCUT2D eigenvalue weighted by atomic mass is 9.94. The third-order valence-corrected chi connectivity index (χ3v) is 7.32. The van der Waals surface area contributed by atoms with Gasteiger partial charge in [-0.3, -0.25) is 9.59 Å². The Bertz CT molecular complexity index is 1220. The number of benzene rings is 2. The second-order valence-corrected chi connectivity index (χ2v) is 10.0. The molecule has 0 aliphatic carbocycles. The lowest BCUT2D eigenvalue weighted by Gasteiger charge is -2.31. The molecule has 2 aliphatic heterocycles. The Morgan fingerprint density at radius 1 is 0.865 bits per heavy atom. The van der Waals surface area contributed by atoms with Crippen molar-refractivity contribution in [2.75, 3.05) is 45.1 Å². The molecular weight excluding hydrogens is 528 g/mol. The van der Waals surface area contributed by atoms with Crippen LogP contribution >= 0.6 is 24.0 Å². The zero-order valence-corrected chi connectivity index (χ0v) is 21.1. The topological polar surface area (TPSA) is 49.9 Å². The number of morpholine rings is 1. The number of carbonyl (C=O) groups excluding carboxylic acids is 2. The molecule has 37 heavy (non-hydrogen) atoms. The standard InChI is InChI=1S/C26H22F4N2O3S2/c27-20-3-1-16(11-22(20)29)9-18-13-32(24(33)15-37-26(36)31-5-7-35-8-6-31)14-19(25(18)34)10-17-2-4-21(28)23(30)12-17/h1-4,9-12H,5-8,13-15H2/b18-9+,19-10+. The zero-order valence-electron chi connectivity index (χ0n) is 19.5. The van der Waals surface area contributed by atoms with E-state index in [1.807, 2.05) is 4.90 Å². The van der Waals surface area contributed by atoms with Crippen molar-refractivity contribution in [1.82, 2.24) is 9.80 Å². The summed E-state index contributed by atoms with van der Waals surface area (Å²) >= 11 is 6.64. The van der Waals surface area contributed by atoms with Crippen LogP contribution in [-0.4, -0.2) is 71.0 Å². The van der Waals surface area contributed by atoms with Crippen LogP contribution in [0.2, 0.25) is 0 Å². The quantitative estimate of drug-likeness (QED) is 0.318. The molecule has 2 fully saturated rings. The van der Waals surface area contributed by atoms with E-state index in [0.29, 0.717) is 30.6 Å². The first-order valence-electron chi connectivity index (χ1n) is 11.3. The summed E-state index contributed by atoms with van der Waals surface area (Å²) in [5.74, 6) is -4.90. The van der Waals surface area contributed by atoms with Gasteiger partial charge in [0, 0.05) is 37.3 Å². The molecule has 2 aromatic rings. The molecule has 5 nitrogen and oxygen atoms in total. The Morgan fingerprint density at radius 2 is 1.38 bits per heavy atom. The third-order valence-electron chi connectivity index (χ3n) is 5.82. The highest BCUT2D eigenvalue weighted by molar-refractivity contribution is 8.23. The second-order valence-electron chi connectivity index (χ2n) is 8.42. The molecule has 2 aromatic carbocycles. The summed E-state index contributed by atoms with van der Waals surface area (Å²) in [6.45, 7) is 2.27. The number of Topliss-reactive ketones (excluding diaryl/α,β-unsaturated/α-hetero) is 1. The lowest BCUT2D eigenvalue weighted by molar-refractivity contribution is -0.128. The smallest absolute Gasteiger partial charge is 0.233 e. The first-order valence-corrected chi connectivity index (χ1v) is 12.7. The molecule has 4 rings (SSSR count). The molecule has 1 amide bonds. The van der Waals surface area contributed by atoms with Gasteiger partial charge < -0.3 is 14.5 Å². The molecule has 0 atom stereocenters. The minimum atomic E-state index is -1.07. The van der Waals surface area contributed by atoms with Crippen LogP contribution in [-0.2, 0) is 14.3 Å². The summed E-state index contributed by atoms with van der Waals surface area (Å²) < 4.78 is 60.1. The number of hydrogen-bond donors (Lipinski definition) is 0. The Balaban J connectivity index is 1.58. The van der Waals surface area contributed by atoms with Gasteiger partial charge in [0.05, 0.1) is 19.0 Å². The fourth-order valence-electron chi connectivity index (χ4n) is 3.87. The SMILES string of the molecule is O=C1/C(=C/c2ccc(F)c(F)c2)CN(C(=O)CSC(=S)N2CCOCC2)C/C1=C\c1ccc(F)c(F)c1. The van der Waals surface area contributed by atoms with Crippen LogP contribution in [0.1, 0.15) is 11.1 Å². The molecule has 0 unspecified atom stereocenters. The summed E-state index contributed by atoms with van der Waals surface area (Å²) in [6, 6.07) is 6.42. The van der Waals surface area contributed by atoms with E-state index in [1.54, 1.807) is 0 Å². The van der Waals surface area contributed by atoms with Gasteiger partial charge in [0.25, 0.3) is 0 Å². The maximum atomic E-state index is 13.7. The van der Waals surface area contributed by atoms with Gasteiger partial charge in [-0.25, -0.2) is 17.6 Å². The Morgan fingerprint density at radius 3 is 1.86 bits per heavy atom. The van der Waals surface area contributed by atoms with E-state index in [0.717, 1.165) is 24.3 Å². The van der Waals surface area contributed by atoms with Crippen molar-refractivity contribution in [2.45, 2.75) is 0 Å². The van der Waals surface area contributed by atoms with Crippen LogP contribution in [0.5, 0.6) is 0 Å². The highest BCUT2D eigenvalue weighted by Crippen LogP contribution is 2.24. The number of thioether (sulfide) groups is 1. The fraction of sp³-hybridized carbons (Fsp3) is 0.269. The number of rotatable bonds is 4. The minimum absolute atomic E-state index is 0.0291. The minimum Gasteiger partial charge on any atom is -0.378 e. The summed E-state index contributed by atoms with van der Waals surface area (Å²) in [6.07, 6.45) is 2.77. The molecule has 2 heterocycles. The number of halogens is 4. The molecule has 11 heteroatoms. The lowest BCUT2D eigenvalue weighted by Crippen LogP contribution is -2.43.